The lowest BCUT2D eigenvalue weighted by atomic mass is 9.90. The van der Waals surface area contributed by atoms with Crippen LogP contribution in [0.25, 0.3) is 11.0 Å². The Morgan fingerprint density at radius 3 is 2.57 bits per heavy atom. The molecule has 0 aliphatic heterocycles. The van der Waals surface area contributed by atoms with Crippen LogP contribution in [0.5, 0.6) is 5.75 Å². The predicted octanol–water partition coefficient (Wildman–Crippen LogP) is 3.50. The van der Waals surface area contributed by atoms with Gasteiger partial charge in [0, 0.05) is 18.0 Å². The van der Waals surface area contributed by atoms with Gasteiger partial charge in [0.1, 0.15) is 11.4 Å². The van der Waals surface area contributed by atoms with E-state index < -0.39 is 0 Å². The molecule has 0 fully saturated rings. The molecule has 4 nitrogen and oxygen atoms in total. The van der Waals surface area contributed by atoms with Crippen molar-refractivity contribution >= 4 is 16.7 Å². The summed E-state index contributed by atoms with van der Waals surface area (Å²) in [6.07, 6.45) is 4.04. The molecule has 4 heteroatoms. The monoisotopic (exact) mass is 287 g/mol. The first-order valence-electron chi connectivity index (χ1n) is 7.57. The minimum absolute atomic E-state index is 0.0684. The third-order valence-electron chi connectivity index (χ3n) is 3.97. The number of anilines is 1. The van der Waals surface area contributed by atoms with Crippen molar-refractivity contribution in [3.63, 3.8) is 0 Å². The predicted molar refractivity (Wildman–Crippen MR) is 84.4 cm³/mol. The quantitative estimate of drug-likeness (QED) is 0.878. The van der Waals surface area contributed by atoms with Gasteiger partial charge in [-0.2, -0.15) is 0 Å². The van der Waals surface area contributed by atoms with Crippen molar-refractivity contribution in [3.8, 4) is 5.75 Å². The molecule has 21 heavy (non-hydrogen) atoms. The van der Waals surface area contributed by atoms with Gasteiger partial charge < -0.3 is 14.5 Å². The number of benzene rings is 1. The van der Waals surface area contributed by atoms with Crippen molar-refractivity contribution in [2.24, 2.45) is 0 Å². The number of rotatable bonds is 3. The van der Waals surface area contributed by atoms with Crippen molar-refractivity contribution in [2.75, 3.05) is 12.4 Å². The highest BCUT2D eigenvalue weighted by atomic mass is 16.5. The Labute approximate surface area is 124 Å². The van der Waals surface area contributed by atoms with Crippen molar-refractivity contribution in [3.05, 3.63) is 33.7 Å². The molecule has 1 aliphatic carbocycles. The van der Waals surface area contributed by atoms with E-state index in [2.05, 4.69) is 5.32 Å². The molecular formula is C17H21NO3. The van der Waals surface area contributed by atoms with Gasteiger partial charge in [0.15, 0.2) is 5.58 Å². The van der Waals surface area contributed by atoms with E-state index in [-0.39, 0.29) is 11.7 Å². The highest BCUT2D eigenvalue weighted by Crippen LogP contribution is 2.36. The maximum atomic E-state index is 12.2. The van der Waals surface area contributed by atoms with Gasteiger partial charge in [-0.05, 0) is 57.2 Å². The number of aryl methyl sites for hydroxylation is 1. The van der Waals surface area contributed by atoms with Crippen LogP contribution < -0.4 is 15.7 Å². The molecular weight excluding hydrogens is 266 g/mol. The van der Waals surface area contributed by atoms with Crippen LogP contribution in [-0.4, -0.2) is 13.2 Å². The summed E-state index contributed by atoms with van der Waals surface area (Å²) >= 11 is 0. The van der Waals surface area contributed by atoms with Crippen LogP contribution in [0.15, 0.2) is 21.3 Å². The van der Waals surface area contributed by atoms with E-state index >= 15 is 0 Å². The van der Waals surface area contributed by atoms with Crippen molar-refractivity contribution in [1.82, 2.24) is 0 Å². The number of nitrogens with one attached hydrogen (secondary N) is 1. The summed E-state index contributed by atoms with van der Waals surface area (Å²) in [5, 5.41) is 4.15. The van der Waals surface area contributed by atoms with E-state index in [1.54, 1.807) is 0 Å². The second kappa shape index (κ2) is 5.43. The second-order valence-corrected chi connectivity index (χ2v) is 5.79. The maximum Gasteiger partial charge on any atom is 0.339 e. The van der Waals surface area contributed by atoms with Crippen LogP contribution in [0.4, 0.5) is 5.69 Å². The highest BCUT2D eigenvalue weighted by molar-refractivity contribution is 5.94. The molecule has 1 aromatic carbocycles. The lowest BCUT2D eigenvalue weighted by Crippen LogP contribution is -2.16. The zero-order valence-electron chi connectivity index (χ0n) is 12.8. The molecule has 0 unspecified atom stereocenters. The zero-order chi connectivity index (χ0) is 15.0. The Hall–Kier alpha value is -1.97. The van der Waals surface area contributed by atoms with Crippen LogP contribution in [0.2, 0.25) is 0 Å². The maximum absolute atomic E-state index is 12.2. The van der Waals surface area contributed by atoms with Crippen LogP contribution in [0, 0.1) is 0 Å². The SMILES string of the molecule is CNc1c(OC(C)C)ccc2c3c(c(=O)oc12)CCCC3. The fourth-order valence-corrected chi connectivity index (χ4v) is 3.08. The van der Waals surface area contributed by atoms with Gasteiger partial charge in [0.25, 0.3) is 0 Å². The van der Waals surface area contributed by atoms with E-state index in [0.717, 1.165) is 53.6 Å². The number of fused-ring (bicyclic) bond motifs is 3. The van der Waals surface area contributed by atoms with Gasteiger partial charge in [-0.25, -0.2) is 4.79 Å². The van der Waals surface area contributed by atoms with Gasteiger partial charge >= 0.3 is 5.63 Å². The molecule has 0 amide bonds. The second-order valence-electron chi connectivity index (χ2n) is 5.79. The molecule has 1 N–H and O–H groups in total. The summed E-state index contributed by atoms with van der Waals surface area (Å²) in [6, 6.07) is 3.98. The van der Waals surface area contributed by atoms with Gasteiger partial charge in [-0.15, -0.1) is 0 Å². The summed E-state index contributed by atoms with van der Waals surface area (Å²) in [5.41, 5.74) is 3.18. The fraction of sp³-hybridized carbons (Fsp3) is 0.471. The first-order valence-corrected chi connectivity index (χ1v) is 7.57. The van der Waals surface area contributed by atoms with E-state index in [1.165, 1.54) is 0 Å². The van der Waals surface area contributed by atoms with Crippen LogP contribution >= 0.6 is 0 Å². The summed E-state index contributed by atoms with van der Waals surface area (Å²) < 4.78 is 11.4. The standard InChI is InChI=1S/C17H21NO3/c1-10(2)20-14-9-8-12-11-6-4-5-7-13(11)17(19)21-16(12)15(14)18-3/h8-10,18H,4-7H2,1-3H3. The van der Waals surface area contributed by atoms with Gasteiger partial charge in [-0.1, -0.05) is 0 Å². The Morgan fingerprint density at radius 2 is 1.90 bits per heavy atom. The first-order chi connectivity index (χ1) is 10.1. The highest BCUT2D eigenvalue weighted by Gasteiger charge is 2.21. The first kappa shape index (κ1) is 14.0. The molecule has 1 heterocycles. The third kappa shape index (κ3) is 2.39. The molecule has 0 bridgehead atoms. The molecule has 1 aromatic heterocycles. The molecule has 0 radical (unpaired) electrons. The zero-order valence-corrected chi connectivity index (χ0v) is 12.8. The normalized spacial score (nSPS) is 14.3. The minimum Gasteiger partial charge on any atom is -0.489 e. The minimum atomic E-state index is -0.199. The van der Waals surface area contributed by atoms with E-state index in [1.807, 2.05) is 33.0 Å². The van der Waals surface area contributed by atoms with Gasteiger partial charge in [0.05, 0.1) is 6.10 Å². The van der Waals surface area contributed by atoms with Crippen LogP contribution in [-0.2, 0) is 12.8 Å². The Bertz CT molecular complexity index is 731. The fourth-order valence-electron chi connectivity index (χ4n) is 3.08. The smallest absolute Gasteiger partial charge is 0.339 e. The number of hydrogen-bond acceptors (Lipinski definition) is 4. The Morgan fingerprint density at radius 1 is 1.19 bits per heavy atom. The summed E-state index contributed by atoms with van der Waals surface area (Å²) in [6.45, 7) is 3.96. The van der Waals surface area contributed by atoms with E-state index in [0.29, 0.717) is 5.58 Å². The summed E-state index contributed by atoms with van der Waals surface area (Å²) in [4.78, 5) is 12.2. The van der Waals surface area contributed by atoms with Gasteiger partial charge in [0.2, 0.25) is 0 Å². The van der Waals surface area contributed by atoms with Gasteiger partial charge in [-0.3, -0.25) is 0 Å². The molecule has 0 saturated carbocycles. The number of hydrogen-bond donors (Lipinski definition) is 1. The van der Waals surface area contributed by atoms with E-state index in [4.69, 9.17) is 9.15 Å². The molecule has 1 aliphatic rings. The molecule has 0 spiro atoms. The van der Waals surface area contributed by atoms with Crippen molar-refractivity contribution in [2.45, 2.75) is 45.6 Å². The number of ether oxygens (including phenoxy) is 1. The molecule has 2 aromatic rings. The molecule has 112 valence electrons. The topological polar surface area (TPSA) is 51.5 Å². The molecule has 3 rings (SSSR count). The van der Waals surface area contributed by atoms with Crippen LogP contribution in [0.1, 0.15) is 37.8 Å². The Kier molecular flexibility index (Phi) is 3.62. The summed E-state index contributed by atoms with van der Waals surface area (Å²) in [5.74, 6) is 0.721. The average Bonchev–Trinajstić information content (AvgIpc) is 2.47. The lowest BCUT2D eigenvalue weighted by molar-refractivity contribution is 0.243. The Balaban J connectivity index is 2.28. The summed E-state index contributed by atoms with van der Waals surface area (Å²) in [7, 11) is 1.82. The van der Waals surface area contributed by atoms with E-state index in [9.17, 15) is 4.79 Å². The largest absolute Gasteiger partial charge is 0.489 e. The third-order valence-corrected chi connectivity index (χ3v) is 3.97. The van der Waals surface area contributed by atoms with Crippen molar-refractivity contribution < 1.29 is 9.15 Å². The lowest BCUT2D eigenvalue weighted by Gasteiger charge is -2.19. The van der Waals surface area contributed by atoms with Crippen molar-refractivity contribution in [1.29, 1.82) is 0 Å². The molecule has 0 saturated heterocycles. The average molecular weight is 287 g/mol. The molecule has 0 atom stereocenters. The van der Waals surface area contributed by atoms with Crippen LogP contribution in [0.3, 0.4) is 0 Å².